The van der Waals surface area contributed by atoms with E-state index >= 15 is 0 Å². The number of aliphatic hydroxyl groups excluding tert-OH is 1. The summed E-state index contributed by atoms with van der Waals surface area (Å²) in [6, 6.07) is 0. The Morgan fingerprint density at radius 2 is 1.90 bits per heavy atom. The van der Waals surface area contributed by atoms with E-state index in [1.165, 1.54) is 32.1 Å². The Kier molecular flexibility index (Phi) is 6.38. The van der Waals surface area contributed by atoms with Gasteiger partial charge in [-0.15, -0.1) is 0 Å². The summed E-state index contributed by atoms with van der Waals surface area (Å²) >= 11 is 0. The molecule has 0 spiro atoms. The molecule has 1 N–H and O–H groups in total. The van der Waals surface area contributed by atoms with Crippen LogP contribution in [0.5, 0.6) is 0 Å². The maximum atomic E-state index is 10.3. The van der Waals surface area contributed by atoms with Crippen molar-refractivity contribution in [3.8, 4) is 0 Å². The minimum absolute atomic E-state index is 0.00995. The number of methoxy groups -OCH3 is 1. The molecule has 0 aromatic carbocycles. The summed E-state index contributed by atoms with van der Waals surface area (Å²) in [4.78, 5) is 0. The Morgan fingerprint density at radius 3 is 2.52 bits per heavy atom. The molecule has 2 nitrogen and oxygen atoms in total. The highest BCUT2D eigenvalue weighted by Gasteiger charge is 2.66. The third kappa shape index (κ3) is 3.80. The SMILES string of the molecule is C=C1[C@@H](O)C[C@@H]2CC12C(/C=C1\CCC[C@]2(C)[C@@H]([C@H](C)/C=C/[C@H](C)C(C)C)CC[C@@H]12)OC. The lowest BCUT2D eigenvalue weighted by molar-refractivity contribution is 0.0797. The summed E-state index contributed by atoms with van der Waals surface area (Å²) in [6.07, 6.45) is 15.8. The fourth-order valence-corrected chi connectivity index (χ4v) is 7.76. The van der Waals surface area contributed by atoms with Crippen molar-refractivity contribution in [2.75, 3.05) is 7.11 Å². The maximum absolute atomic E-state index is 10.3. The van der Waals surface area contributed by atoms with Crippen LogP contribution < -0.4 is 0 Å². The third-order valence-electron chi connectivity index (χ3n) is 10.2. The van der Waals surface area contributed by atoms with Crippen LogP contribution in [0.2, 0.25) is 0 Å². The van der Waals surface area contributed by atoms with Gasteiger partial charge >= 0.3 is 0 Å². The Labute approximate surface area is 191 Å². The van der Waals surface area contributed by atoms with Crippen LogP contribution in [0.4, 0.5) is 0 Å². The fourth-order valence-electron chi connectivity index (χ4n) is 7.76. The van der Waals surface area contributed by atoms with Gasteiger partial charge in [-0.1, -0.05) is 65.0 Å². The zero-order chi connectivity index (χ0) is 22.6. The van der Waals surface area contributed by atoms with Gasteiger partial charge in [0.1, 0.15) is 0 Å². The van der Waals surface area contributed by atoms with Gasteiger partial charge < -0.3 is 9.84 Å². The fraction of sp³-hybridized carbons (Fsp3) is 0.793. The summed E-state index contributed by atoms with van der Waals surface area (Å²) in [7, 11) is 1.85. The van der Waals surface area contributed by atoms with Gasteiger partial charge in [0, 0.05) is 12.5 Å². The quantitative estimate of drug-likeness (QED) is 0.446. The van der Waals surface area contributed by atoms with Gasteiger partial charge in [-0.25, -0.2) is 0 Å². The molecule has 4 aliphatic rings. The molecular formula is C29H46O2. The Bertz CT molecular complexity index is 748. The lowest BCUT2D eigenvalue weighted by Crippen LogP contribution is -2.36. The average molecular weight is 427 g/mol. The van der Waals surface area contributed by atoms with Crippen molar-refractivity contribution in [1.82, 2.24) is 0 Å². The van der Waals surface area contributed by atoms with Gasteiger partial charge in [0.25, 0.3) is 0 Å². The number of aliphatic hydroxyl groups is 1. The first kappa shape index (κ1) is 23.3. The van der Waals surface area contributed by atoms with Crippen molar-refractivity contribution >= 4 is 0 Å². The molecule has 4 fully saturated rings. The molecule has 0 heterocycles. The number of allylic oxidation sites excluding steroid dienone is 3. The first-order chi connectivity index (χ1) is 14.6. The summed E-state index contributed by atoms with van der Waals surface area (Å²) in [5.41, 5.74) is 3.09. The lowest BCUT2D eigenvalue weighted by atomic mass is 9.61. The Balaban J connectivity index is 1.53. The van der Waals surface area contributed by atoms with Gasteiger partial charge in [-0.05, 0) is 91.4 Å². The van der Waals surface area contributed by atoms with Crippen LogP contribution in [0.25, 0.3) is 0 Å². The molecule has 4 aliphatic carbocycles. The van der Waals surface area contributed by atoms with Gasteiger partial charge in [0.05, 0.1) is 12.2 Å². The largest absolute Gasteiger partial charge is 0.389 e. The zero-order valence-corrected chi connectivity index (χ0v) is 20.9. The molecule has 0 saturated heterocycles. The van der Waals surface area contributed by atoms with Crippen LogP contribution in [0.3, 0.4) is 0 Å². The molecule has 0 radical (unpaired) electrons. The second kappa shape index (κ2) is 8.49. The predicted octanol–water partition coefficient (Wildman–Crippen LogP) is 6.96. The number of hydrogen-bond acceptors (Lipinski definition) is 2. The molecule has 0 aromatic heterocycles. The standard InChI is InChI=1S/C29H46O2/c1-18(2)19(3)10-11-20(4)24-12-13-25-22(9-8-14-28(24,25)6)15-27(31-7)29-17-23(29)16-26(30)21(29)5/h10-11,15,18-20,23-27,30H,5,8-9,12-14,16-17H2,1-4,6-7H3/b11-10+,22-15+/t19-,20+,23+,24+,25-,26-,27?,28+,29?/m0/s1. The van der Waals surface area contributed by atoms with E-state index in [0.717, 1.165) is 24.3 Å². The highest BCUT2D eigenvalue weighted by molar-refractivity contribution is 5.38. The molecule has 0 aliphatic heterocycles. The number of rotatable bonds is 7. The van der Waals surface area contributed by atoms with Crippen LogP contribution in [0.1, 0.15) is 79.6 Å². The van der Waals surface area contributed by atoms with Crippen molar-refractivity contribution in [2.45, 2.75) is 91.8 Å². The summed E-state index contributed by atoms with van der Waals surface area (Å²) in [5, 5.41) is 10.3. The van der Waals surface area contributed by atoms with E-state index in [2.05, 4.69) is 59.4 Å². The van der Waals surface area contributed by atoms with Gasteiger partial charge in [0.15, 0.2) is 0 Å². The summed E-state index contributed by atoms with van der Waals surface area (Å²) < 4.78 is 6.08. The first-order valence-corrected chi connectivity index (χ1v) is 12.9. The molecule has 2 unspecified atom stereocenters. The van der Waals surface area contributed by atoms with Crippen molar-refractivity contribution in [1.29, 1.82) is 0 Å². The van der Waals surface area contributed by atoms with E-state index in [9.17, 15) is 5.11 Å². The molecule has 31 heavy (non-hydrogen) atoms. The predicted molar refractivity (Wildman–Crippen MR) is 130 cm³/mol. The summed E-state index contributed by atoms with van der Waals surface area (Å²) in [6.45, 7) is 16.3. The lowest BCUT2D eigenvalue weighted by Gasteiger charge is -2.44. The van der Waals surface area contributed by atoms with E-state index in [1.54, 1.807) is 5.57 Å². The minimum atomic E-state index is -0.330. The topological polar surface area (TPSA) is 29.5 Å². The second-order valence-corrected chi connectivity index (χ2v) is 12.1. The van der Waals surface area contributed by atoms with Crippen LogP contribution in [-0.4, -0.2) is 24.4 Å². The van der Waals surface area contributed by atoms with E-state index in [4.69, 9.17) is 4.74 Å². The molecular weight excluding hydrogens is 380 g/mol. The van der Waals surface area contributed by atoms with Gasteiger partial charge in [-0.2, -0.15) is 0 Å². The molecule has 174 valence electrons. The van der Waals surface area contributed by atoms with Crippen LogP contribution >= 0.6 is 0 Å². The molecule has 0 aromatic rings. The molecule has 4 rings (SSSR count). The number of ether oxygens (including phenoxy) is 1. The van der Waals surface area contributed by atoms with E-state index < -0.39 is 0 Å². The van der Waals surface area contributed by atoms with Gasteiger partial charge in [-0.3, -0.25) is 0 Å². The molecule has 4 saturated carbocycles. The van der Waals surface area contributed by atoms with Crippen LogP contribution in [0.15, 0.2) is 36.0 Å². The second-order valence-electron chi connectivity index (χ2n) is 12.1. The number of hydrogen-bond donors (Lipinski definition) is 1. The van der Waals surface area contributed by atoms with Crippen molar-refractivity contribution in [3.05, 3.63) is 36.0 Å². The molecule has 0 amide bonds. The zero-order valence-electron chi connectivity index (χ0n) is 20.9. The van der Waals surface area contributed by atoms with Crippen LogP contribution in [0, 0.1) is 46.3 Å². The normalized spacial score (nSPS) is 44.0. The molecule has 2 heteroatoms. The van der Waals surface area contributed by atoms with E-state index in [0.29, 0.717) is 35.0 Å². The maximum Gasteiger partial charge on any atom is 0.0851 e. The number of fused-ring (bicyclic) bond motifs is 2. The Morgan fingerprint density at radius 1 is 1.16 bits per heavy atom. The summed E-state index contributed by atoms with van der Waals surface area (Å²) in [5.74, 6) is 4.03. The van der Waals surface area contributed by atoms with Crippen molar-refractivity contribution in [2.24, 2.45) is 46.3 Å². The van der Waals surface area contributed by atoms with Crippen molar-refractivity contribution in [3.63, 3.8) is 0 Å². The van der Waals surface area contributed by atoms with E-state index in [-0.39, 0.29) is 17.6 Å². The molecule has 0 bridgehead atoms. The highest BCUT2D eigenvalue weighted by atomic mass is 16.5. The Hall–Kier alpha value is -0.860. The van der Waals surface area contributed by atoms with Crippen LogP contribution in [-0.2, 0) is 4.74 Å². The molecule has 9 atom stereocenters. The third-order valence-corrected chi connectivity index (χ3v) is 10.2. The minimum Gasteiger partial charge on any atom is -0.389 e. The van der Waals surface area contributed by atoms with Gasteiger partial charge in [0.2, 0.25) is 0 Å². The highest BCUT2D eigenvalue weighted by Crippen LogP contribution is 2.69. The monoisotopic (exact) mass is 426 g/mol. The first-order valence-electron chi connectivity index (χ1n) is 12.9. The van der Waals surface area contributed by atoms with E-state index in [1.807, 2.05) is 7.11 Å². The van der Waals surface area contributed by atoms with Crippen molar-refractivity contribution < 1.29 is 9.84 Å². The average Bonchev–Trinajstić information content (AvgIpc) is 3.24. The smallest absolute Gasteiger partial charge is 0.0851 e.